The molecule has 1 aliphatic heterocycles. The minimum atomic E-state index is -3.06. The maximum absolute atomic E-state index is 12.0. The van der Waals surface area contributed by atoms with Gasteiger partial charge >= 0.3 is 5.97 Å². The highest BCUT2D eigenvalue weighted by molar-refractivity contribution is 7.98. The first-order valence-corrected chi connectivity index (χ1v) is 10.2. The van der Waals surface area contributed by atoms with E-state index in [2.05, 4.69) is 5.32 Å². The van der Waals surface area contributed by atoms with Crippen LogP contribution < -0.4 is 5.32 Å². The first-order chi connectivity index (χ1) is 10.8. The van der Waals surface area contributed by atoms with Crippen molar-refractivity contribution in [3.8, 4) is 0 Å². The quantitative estimate of drug-likeness (QED) is 0.630. The van der Waals surface area contributed by atoms with Gasteiger partial charge in [-0.15, -0.1) is 11.8 Å². The second-order valence-electron chi connectivity index (χ2n) is 5.38. The number of benzene rings is 1. The number of amides is 1. The Labute approximate surface area is 139 Å². The van der Waals surface area contributed by atoms with E-state index < -0.39 is 33.9 Å². The average molecular weight is 357 g/mol. The van der Waals surface area contributed by atoms with E-state index in [1.54, 1.807) is 36.0 Å². The molecule has 1 N–H and O–H groups in total. The molecule has 1 aliphatic rings. The van der Waals surface area contributed by atoms with E-state index in [0.29, 0.717) is 12.0 Å². The number of sulfone groups is 1. The molecule has 23 heavy (non-hydrogen) atoms. The molecule has 126 valence electrons. The molecule has 0 saturated carbocycles. The Morgan fingerprint density at radius 2 is 1.96 bits per heavy atom. The highest BCUT2D eigenvalue weighted by Crippen LogP contribution is 2.16. The Bertz CT molecular complexity index is 684. The van der Waals surface area contributed by atoms with Crippen LogP contribution in [-0.4, -0.2) is 50.2 Å². The number of hydrogen-bond acceptors (Lipinski definition) is 6. The van der Waals surface area contributed by atoms with Crippen molar-refractivity contribution in [3.63, 3.8) is 0 Å². The smallest absolute Gasteiger partial charge is 0.338 e. The fraction of sp³-hybridized carbons (Fsp3) is 0.467. The lowest BCUT2D eigenvalue weighted by Gasteiger charge is -2.16. The second kappa shape index (κ2) is 7.35. The topological polar surface area (TPSA) is 89.5 Å². The molecule has 1 fully saturated rings. The van der Waals surface area contributed by atoms with Gasteiger partial charge in [-0.25, -0.2) is 13.2 Å². The molecule has 8 heteroatoms. The van der Waals surface area contributed by atoms with Crippen molar-refractivity contribution in [1.82, 2.24) is 5.32 Å². The molecule has 0 aromatic heterocycles. The summed E-state index contributed by atoms with van der Waals surface area (Å²) < 4.78 is 27.9. The number of esters is 1. The van der Waals surface area contributed by atoms with E-state index in [1.165, 1.54) is 6.92 Å². The van der Waals surface area contributed by atoms with E-state index >= 15 is 0 Å². The van der Waals surface area contributed by atoms with Gasteiger partial charge in [0.15, 0.2) is 15.9 Å². The van der Waals surface area contributed by atoms with Gasteiger partial charge in [-0.05, 0) is 43.9 Å². The summed E-state index contributed by atoms with van der Waals surface area (Å²) in [7, 11) is -3.06. The van der Waals surface area contributed by atoms with Crippen molar-refractivity contribution in [1.29, 1.82) is 0 Å². The third-order valence-electron chi connectivity index (χ3n) is 3.56. The van der Waals surface area contributed by atoms with Gasteiger partial charge in [-0.3, -0.25) is 4.79 Å². The van der Waals surface area contributed by atoms with Gasteiger partial charge in [-0.1, -0.05) is 0 Å². The van der Waals surface area contributed by atoms with E-state index in [1.807, 2.05) is 6.26 Å². The van der Waals surface area contributed by atoms with Gasteiger partial charge in [0.1, 0.15) is 0 Å². The lowest BCUT2D eigenvalue weighted by Crippen LogP contribution is -2.42. The molecule has 2 atom stereocenters. The fourth-order valence-corrected chi connectivity index (χ4v) is 4.32. The van der Waals surface area contributed by atoms with Crippen LogP contribution in [0, 0.1) is 0 Å². The lowest BCUT2D eigenvalue weighted by molar-refractivity contribution is -0.129. The van der Waals surface area contributed by atoms with E-state index in [4.69, 9.17) is 4.74 Å². The van der Waals surface area contributed by atoms with Crippen molar-refractivity contribution < 1.29 is 22.7 Å². The maximum atomic E-state index is 12.0. The van der Waals surface area contributed by atoms with Gasteiger partial charge in [0.2, 0.25) is 0 Å². The monoisotopic (exact) mass is 357 g/mol. The van der Waals surface area contributed by atoms with Crippen LogP contribution in [0.5, 0.6) is 0 Å². The van der Waals surface area contributed by atoms with E-state index in [0.717, 1.165) is 4.90 Å². The lowest BCUT2D eigenvalue weighted by atomic mass is 10.2. The molecule has 1 aromatic rings. The minimum Gasteiger partial charge on any atom is -0.449 e. The summed E-state index contributed by atoms with van der Waals surface area (Å²) in [4.78, 5) is 25.0. The molecule has 1 aromatic carbocycles. The molecular weight excluding hydrogens is 338 g/mol. The number of carbonyl (C=O) groups is 2. The zero-order valence-corrected chi connectivity index (χ0v) is 14.6. The second-order valence-corrected chi connectivity index (χ2v) is 8.49. The zero-order valence-electron chi connectivity index (χ0n) is 12.9. The summed E-state index contributed by atoms with van der Waals surface area (Å²) in [5.74, 6) is -1.05. The van der Waals surface area contributed by atoms with E-state index in [9.17, 15) is 18.0 Å². The summed E-state index contributed by atoms with van der Waals surface area (Å²) in [5.41, 5.74) is 0.367. The van der Waals surface area contributed by atoms with Crippen LogP contribution in [-0.2, 0) is 19.4 Å². The molecule has 1 heterocycles. The molecule has 0 radical (unpaired) electrons. The molecular formula is C15H19NO5S2. The first kappa shape index (κ1) is 17.8. The van der Waals surface area contributed by atoms with E-state index in [-0.39, 0.29) is 11.5 Å². The Kier molecular flexibility index (Phi) is 5.69. The first-order valence-electron chi connectivity index (χ1n) is 7.16. The number of nitrogens with one attached hydrogen (secondary N) is 1. The van der Waals surface area contributed by atoms with Crippen molar-refractivity contribution in [3.05, 3.63) is 29.8 Å². The molecule has 2 rings (SSSR count). The summed E-state index contributed by atoms with van der Waals surface area (Å²) in [5, 5.41) is 2.61. The number of ether oxygens (including phenoxy) is 1. The van der Waals surface area contributed by atoms with Gasteiger partial charge in [-0.2, -0.15) is 0 Å². The molecule has 6 nitrogen and oxygen atoms in total. The molecule has 0 unspecified atom stereocenters. The molecule has 0 bridgehead atoms. The third-order valence-corrected chi connectivity index (χ3v) is 6.07. The van der Waals surface area contributed by atoms with Crippen molar-refractivity contribution >= 4 is 33.5 Å². The van der Waals surface area contributed by atoms with Crippen molar-refractivity contribution in [2.75, 3.05) is 17.8 Å². The Morgan fingerprint density at radius 1 is 1.30 bits per heavy atom. The van der Waals surface area contributed by atoms with Crippen molar-refractivity contribution in [2.45, 2.75) is 30.4 Å². The zero-order chi connectivity index (χ0) is 17.0. The predicted octanol–water partition coefficient (Wildman–Crippen LogP) is 1.26. The summed E-state index contributed by atoms with van der Waals surface area (Å²) in [6, 6.07) is 6.48. The number of carbonyl (C=O) groups excluding carboxylic acids is 2. The van der Waals surface area contributed by atoms with Crippen LogP contribution in [0.15, 0.2) is 29.2 Å². The molecule has 1 amide bonds. The minimum absolute atomic E-state index is 0.0600. The van der Waals surface area contributed by atoms with Gasteiger partial charge < -0.3 is 10.1 Å². The average Bonchev–Trinajstić information content (AvgIpc) is 2.86. The molecule has 0 spiro atoms. The molecule has 1 saturated heterocycles. The SMILES string of the molecule is CSc1ccc(C(=O)O[C@@H](C)C(=O)N[C@H]2CCS(=O)(=O)C2)cc1. The Hall–Kier alpha value is -1.54. The summed E-state index contributed by atoms with van der Waals surface area (Å²) >= 11 is 1.56. The largest absolute Gasteiger partial charge is 0.449 e. The van der Waals surface area contributed by atoms with Crippen LogP contribution in [0.25, 0.3) is 0 Å². The normalized spacial score (nSPS) is 20.7. The maximum Gasteiger partial charge on any atom is 0.338 e. The highest BCUT2D eigenvalue weighted by atomic mass is 32.2. The number of rotatable bonds is 5. The molecule has 0 aliphatic carbocycles. The third kappa shape index (κ3) is 4.97. The van der Waals surface area contributed by atoms with Gasteiger partial charge in [0, 0.05) is 10.9 Å². The van der Waals surface area contributed by atoms with Crippen LogP contribution in [0.4, 0.5) is 0 Å². The standard InChI is InChI=1S/C15H19NO5S2/c1-10(14(17)16-12-7-8-23(19,20)9-12)21-15(18)11-3-5-13(22-2)6-4-11/h3-6,10,12H,7-9H2,1-2H3,(H,16,17)/t10-,12-/m0/s1. The summed E-state index contributed by atoms with van der Waals surface area (Å²) in [6.45, 7) is 1.47. The highest BCUT2D eigenvalue weighted by Gasteiger charge is 2.30. The predicted molar refractivity (Wildman–Crippen MR) is 88.3 cm³/mol. The Morgan fingerprint density at radius 3 is 2.48 bits per heavy atom. The Balaban J connectivity index is 1.88. The number of hydrogen-bond donors (Lipinski definition) is 1. The van der Waals surface area contributed by atoms with Gasteiger partial charge in [0.25, 0.3) is 5.91 Å². The summed E-state index contributed by atoms with van der Waals surface area (Å²) in [6.07, 6.45) is 1.35. The van der Waals surface area contributed by atoms with Crippen LogP contribution >= 0.6 is 11.8 Å². The van der Waals surface area contributed by atoms with Crippen molar-refractivity contribution in [2.24, 2.45) is 0 Å². The van der Waals surface area contributed by atoms with Gasteiger partial charge in [0.05, 0.1) is 17.1 Å². The van der Waals surface area contributed by atoms with Crippen LogP contribution in [0.1, 0.15) is 23.7 Å². The van der Waals surface area contributed by atoms with Crippen LogP contribution in [0.2, 0.25) is 0 Å². The fourth-order valence-electron chi connectivity index (χ4n) is 2.24. The van der Waals surface area contributed by atoms with Crippen LogP contribution in [0.3, 0.4) is 0 Å². The number of thioether (sulfide) groups is 1.